The van der Waals surface area contributed by atoms with Gasteiger partial charge in [-0.1, -0.05) is 41.4 Å². The summed E-state index contributed by atoms with van der Waals surface area (Å²) in [6, 6.07) is 14.3. The van der Waals surface area contributed by atoms with E-state index >= 15 is 0 Å². The zero-order chi connectivity index (χ0) is 25.5. The van der Waals surface area contributed by atoms with E-state index in [0.29, 0.717) is 29.8 Å². The fourth-order valence-corrected chi connectivity index (χ4v) is 5.28. The normalized spacial score (nSPS) is 19.2. The van der Waals surface area contributed by atoms with Crippen molar-refractivity contribution in [1.29, 1.82) is 0 Å². The second-order valence-corrected chi connectivity index (χ2v) is 10.2. The Morgan fingerprint density at radius 1 is 0.919 bits per heavy atom. The Labute approximate surface area is 223 Å². The van der Waals surface area contributed by atoms with E-state index < -0.39 is 0 Å². The first-order valence-electron chi connectivity index (χ1n) is 13.1. The molecule has 0 aliphatic carbocycles. The molecule has 8 bridgehead atoms. The molecule has 0 saturated heterocycles. The van der Waals surface area contributed by atoms with Gasteiger partial charge in [-0.15, -0.1) is 0 Å². The van der Waals surface area contributed by atoms with Crippen molar-refractivity contribution in [2.75, 3.05) is 25.0 Å². The van der Waals surface area contributed by atoms with Gasteiger partial charge in [-0.2, -0.15) is 4.98 Å². The summed E-state index contributed by atoms with van der Waals surface area (Å²) in [5, 5.41) is 7.10. The van der Waals surface area contributed by atoms with Crippen LogP contribution in [0.25, 0.3) is 11.4 Å². The van der Waals surface area contributed by atoms with Crippen LogP contribution >= 0.6 is 11.6 Å². The smallest absolute Gasteiger partial charge is 0.230 e. The van der Waals surface area contributed by atoms with Gasteiger partial charge in [0.15, 0.2) is 5.82 Å². The number of allylic oxidation sites excluding steroid dienone is 1. The van der Waals surface area contributed by atoms with E-state index in [1.807, 2.05) is 24.3 Å². The van der Waals surface area contributed by atoms with Gasteiger partial charge >= 0.3 is 0 Å². The summed E-state index contributed by atoms with van der Waals surface area (Å²) in [5.41, 5.74) is 5.54. The highest BCUT2D eigenvalue weighted by molar-refractivity contribution is 6.31. The van der Waals surface area contributed by atoms with Gasteiger partial charge in [0, 0.05) is 42.3 Å². The number of nitrogens with one attached hydrogen (secondary N) is 2. The molecule has 3 aromatic rings. The highest BCUT2D eigenvalue weighted by atomic mass is 35.5. The zero-order valence-electron chi connectivity index (χ0n) is 21.0. The number of aromatic nitrogens is 3. The van der Waals surface area contributed by atoms with Crippen LogP contribution in [0.15, 0.2) is 60.4 Å². The van der Waals surface area contributed by atoms with E-state index in [0.717, 1.165) is 75.0 Å². The zero-order valence-corrected chi connectivity index (χ0v) is 21.8. The molecule has 0 fully saturated rings. The summed E-state index contributed by atoms with van der Waals surface area (Å²) in [7, 11) is 0. The van der Waals surface area contributed by atoms with Gasteiger partial charge in [0.05, 0.1) is 0 Å². The lowest BCUT2D eigenvalue weighted by Crippen LogP contribution is -2.27. The predicted octanol–water partition coefficient (Wildman–Crippen LogP) is 5.69. The topological polar surface area (TPSA) is 83.0 Å². The van der Waals surface area contributed by atoms with Crippen LogP contribution in [-0.4, -0.2) is 45.4 Å². The number of rotatable bonds is 0. The molecule has 1 aromatic heterocycles. The van der Waals surface area contributed by atoms with Gasteiger partial charge in [-0.05, 0) is 80.5 Å². The highest BCUT2D eigenvalue weighted by Gasteiger charge is 2.13. The molecular weight excluding hydrogens is 484 g/mol. The molecule has 8 heteroatoms. The Morgan fingerprint density at radius 3 is 2.81 bits per heavy atom. The largest absolute Gasteiger partial charge is 0.356 e. The molecule has 2 aromatic carbocycles. The van der Waals surface area contributed by atoms with Gasteiger partial charge in [0.1, 0.15) is 6.33 Å². The number of amides is 1. The molecule has 37 heavy (non-hydrogen) atoms. The summed E-state index contributed by atoms with van der Waals surface area (Å²) in [4.78, 5) is 28.3. The first-order chi connectivity index (χ1) is 18.1. The number of benzene rings is 2. The maximum absolute atomic E-state index is 12.4. The minimum Gasteiger partial charge on any atom is -0.356 e. The summed E-state index contributed by atoms with van der Waals surface area (Å²) in [6.07, 6.45) is 10.2. The standard InChI is InChI=1S/C29H33ClN6O/c30-25-16-23-17-26(18-25)34-29-33-20-32-28(35-29)24-9-1-5-22(15-24)6-2-12-31-27(37)11-10-21-7-3-13-36(19-23)14-4-8-21/h1,5,7,9,15-18,20H,2-4,6,8,10-14,19H2,(H,31,37)(H,32,33,34,35). The first kappa shape index (κ1) is 25.4. The molecule has 1 unspecified atom stereocenters. The molecule has 6 rings (SSSR count). The summed E-state index contributed by atoms with van der Waals surface area (Å²) in [5.74, 6) is 1.23. The molecule has 0 radical (unpaired) electrons. The molecule has 3 aliphatic heterocycles. The molecule has 0 spiro atoms. The molecule has 4 heterocycles. The average molecular weight is 517 g/mol. The van der Waals surface area contributed by atoms with Crippen molar-refractivity contribution in [1.82, 2.24) is 25.2 Å². The van der Waals surface area contributed by atoms with Crippen LogP contribution in [0.3, 0.4) is 0 Å². The van der Waals surface area contributed by atoms with Crippen molar-refractivity contribution in [3.63, 3.8) is 0 Å². The monoisotopic (exact) mass is 516 g/mol. The Bertz CT molecular complexity index is 1280. The number of halogens is 1. The van der Waals surface area contributed by atoms with Crippen molar-refractivity contribution >= 4 is 29.1 Å². The van der Waals surface area contributed by atoms with Crippen LogP contribution in [-0.2, 0) is 17.8 Å². The van der Waals surface area contributed by atoms with E-state index in [1.165, 1.54) is 17.5 Å². The van der Waals surface area contributed by atoms with Crippen molar-refractivity contribution in [3.05, 3.63) is 76.6 Å². The van der Waals surface area contributed by atoms with E-state index in [1.54, 1.807) is 0 Å². The second kappa shape index (κ2) is 12.3. The molecule has 7 nitrogen and oxygen atoms in total. The quantitative estimate of drug-likeness (QED) is 0.373. The Hall–Kier alpha value is -3.29. The van der Waals surface area contributed by atoms with E-state index in [9.17, 15) is 4.79 Å². The molecule has 2 N–H and O–H groups in total. The van der Waals surface area contributed by atoms with Crippen LogP contribution in [0.2, 0.25) is 5.02 Å². The van der Waals surface area contributed by atoms with Gasteiger partial charge in [0.2, 0.25) is 11.9 Å². The molecule has 1 atom stereocenters. The maximum atomic E-state index is 12.4. The minimum absolute atomic E-state index is 0.138. The number of aryl methyl sites for hydroxylation is 1. The lowest BCUT2D eigenvalue weighted by molar-refractivity contribution is -0.121. The SMILES string of the molecule is O=C1CCC2=CCCN(CCC2)Cc2cc(Cl)cc(c2)Nc2ncnc(n2)-c2cccc(c2)CCCN1. The predicted molar refractivity (Wildman–Crippen MR) is 148 cm³/mol. The van der Waals surface area contributed by atoms with Gasteiger partial charge in [0.25, 0.3) is 0 Å². The lowest BCUT2D eigenvalue weighted by Gasteiger charge is -2.25. The average Bonchev–Trinajstić information content (AvgIpc) is 2.87. The van der Waals surface area contributed by atoms with Crippen LogP contribution in [0.5, 0.6) is 0 Å². The third-order valence-corrected chi connectivity index (χ3v) is 7.08. The summed E-state index contributed by atoms with van der Waals surface area (Å²) in [6.45, 7) is 3.52. The molecule has 1 amide bonds. The first-order valence-corrected chi connectivity index (χ1v) is 13.5. The summed E-state index contributed by atoms with van der Waals surface area (Å²) >= 11 is 6.50. The third kappa shape index (κ3) is 7.37. The number of hydrogen-bond donors (Lipinski definition) is 2. The number of carbonyl (C=O) groups is 1. The number of carbonyl (C=O) groups excluding carboxylic acids is 1. The second-order valence-electron chi connectivity index (χ2n) is 9.79. The molecule has 0 saturated carbocycles. The number of hydrogen-bond acceptors (Lipinski definition) is 6. The van der Waals surface area contributed by atoms with E-state index in [4.69, 9.17) is 11.6 Å². The van der Waals surface area contributed by atoms with Crippen molar-refractivity contribution < 1.29 is 4.79 Å². The highest BCUT2D eigenvalue weighted by Crippen LogP contribution is 2.25. The fourth-order valence-electron chi connectivity index (χ4n) is 5.03. The lowest BCUT2D eigenvalue weighted by atomic mass is 10.0. The van der Waals surface area contributed by atoms with Crippen LogP contribution in [0, 0.1) is 0 Å². The van der Waals surface area contributed by atoms with Crippen LogP contribution < -0.4 is 10.6 Å². The third-order valence-electron chi connectivity index (χ3n) is 6.87. The van der Waals surface area contributed by atoms with Gasteiger partial charge in [-0.3, -0.25) is 9.69 Å². The number of nitrogens with zero attached hydrogens (tertiary/aromatic N) is 4. The van der Waals surface area contributed by atoms with Crippen molar-refractivity contribution in [2.45, 2.75) is 51.5 Å². The Balaban J connectivity index is 1.41. The number of fused-ring (bicyclic) bond motifs is 10. The molecule has 192 valence electrons. The Kier molecular flexibility index (Phi) is 8.43. The fraction of sp³-hybridized carbons (Fsp3) is 0.379. The van der Waals surface area contributed by atoms with Gasteiger partial charge in [-0.25, -0.2) is 9.97 Å². The molecule has 3 aliphatic rings. The minimum atomic E-state index is 0.138. The van der Waals surface area contributed by atoms with Crippen LogP contribution in [0.1, 0.15) is 49.7 Å². The van der Waals surface area contributed by atoms with Crippen molar-refractivity contribution in [3.8, 4) is 11.4 Å². The Morgan fingerprint density at radius 2 is 1.86 bits per heavy atom. The maximum Gasteiger partial charge on any atom is 0.230 e. The summed E-state index contributed by atoms with van der Waals surface area (Å²) < 4.78 is 0. The van der Waals surface area contributed by atoms with Crippen molar-refractivity contribution in [2.24, 2.45) is 0 Å². The molecular formula is C29H33ClN6O. The van der Waals surface area contributed by atoms with Gasteiger partial charge < -0.3 is 10.6 Å². The van der Waals surface area contributed by atoms with E-state index in [-0.39, 0.29) is 5.91 Å². The van der Waals surface area contributed by atoms with E-state index in [2.05, 4.69) is 54.8 Å². The van der Waals surface area contributed by atoms with Crippen LogP contribution in [0.4, 0.5) is 11.6 Å². The number of anilines is 2.